The Bertz CT molecular complexity index is 1370. The van der Waals surface area contributed by atoms with Gasteiger partial charge in [-0.05, 0) is 62.6 Å². The van der Waals surface area contributed by atoms with E-state index in [2.05, 4.69) is 0 Å². The summed E-state index contributed by atoms with van der Waals surface area (Å²) in [4.78, 5) is 27.9. The number of aromatic nitrogens is 1. The summed E-state index contributed by atoms with van der Waals surface area (Å²) < 4.78 is 7.02. The van der Waals surface area contributed by atoms with Gasteiger partial charge in [-0.25, -0.2) is 4.79 Å². The number of ether oxygens (including phenoxy) is 1. The Kier molecular flexibility index (Phi) is 7.20. The van der Waals surface area contributed by atoms with Crippen LogP contribution in [0.25, 0.3) is 11.8 Å². The average molecular weight is 509 g/mol. The number of hydrogen-bond donors (Lipinski definition) is 0. The number of amides is 1. The molecule has 2 heterocycles. The predicted molar refractivity (Wildman–Crippen MR) is 140 cm³/mol. The normalized spacial score (nSPS) is 14.9. The minimum Gasteiger partial charge on any atom is -0.465 e. The fourth-order valence-electron chi connectivity index (χ4n) is 4.51. The highest BCUT2D eigenvalue weighted by molar-refractivity contribution is 6.43. The van der Waals surface area contributed by atoms with Crippen molar-refractivity contribution < 1.29 is 14.3 Å². The number of allylic oxidation sites excluding steroid dienone is 1. The van der Waals surface area contributed by atoms with Crippen LogP contribution in [0.15, 0.2) is 71.4 Å². The highest BCUT2D eigenvalue weighted by Gasteiger charge is 2.37. The second-order valence-corrected chi connectivity index (χ2v) is 9.22. The third-order valence-corrected chi connectivity index (χ3v) is 7.12. The Labute approximate surface area is 215 Å². The molecule has 0 radical (unpaired) electrons. The van der Waals surface area contributed by atoms with Gasteiger partial charge in [0.2, 0.25) is 0 Å². The Morgan fingerprint density at radius 1 is 1.03 bits per heavy atom. The lowest BCUT2D eigenvalue weighted by Crippen LogP contribution is -2.27. The van der Waals surface area contributed by atoms with Crippen LogP contribution in [0.5, 0.6) is 0 Å². The van der Waals surface area contributed by atoms with Gasteiger partial charge in [0.25, 0.3) is 5.91 Å². The number of aryl methyl sites for hydroxylation is 1. The van der Waals surface area contributed by atoms with Gasteiger partial charge in [0.1, 0.15) is 0 Å². The summed E-state index contributed by atoms with van der Waals surface area (Å²) in [6.45, 7) is 6.14. The van der Waals surface area contributed by atoms with Crippen molar-refractivity contribution in [3.63, 3.8) is 0 Å². The van der Waals surface area contributed by atoms with Gasteiger partial charge < -0.3 is 14.2 Å². The maximum Gasteiger partial charge on any atom is 0.340 e. The Morgan fingerprint density at radius 2 is 1.74 bits per heavy atom. The molecule has 0 fully saturated rings. The van der Waals surface area contributed by atoms with Crippen molar-refractivity contribution in [2.24, 2.45) is 0 Å². The van der Waals surface area contributed by atoms with Crippen LogP contribution in [0.4, 0.5) is 0 Å². The van der Waals surface area contributed by atoms with E-state index in [9.17, 15) is 9.59 Å². The van der Waals surface area contributed by atoms with Gasteiger partial charge >= 0.3 is 5.97 Å². The first-order valence-electron chi connectivity index (χ1n) is 11.2. The van der Waals surface area contributed by atoms with Crippen molar-refractivity contribution in [1.82, 2.24) is 9.47 Å². The topological polar surface area (TPSA) is 51.5 Å². The summed E-state index contributed by atoms with van der Waals surface area (Å²) >= 11 is 12.7. The lowest BCUT2D eigenvalue weighted by molar-refractivity contribution is -0.136. The van der Waals surface area contributed by atoms with E-state index in [4.69, 9.17) is 27.9 Å². The number of nitrogens with zero attached hydrogens (tertiary/aromatic N) is 2. The molecule has 1 amide bonds. The van der Waals surface area contributed by atoms with Crippen molar-refractivity contribution in [3.05, 3.63) is 104 Å². The number of carbonyl (C=O) groups excluding carboxylic acids is 2. The van der Waals surface area contributed by atoms with Crippen LogP contribution < -0.4 is 0 Å². The zero-order valence-electron chi connectivity index (χ0n) is 20.1. The van der Waals surface area contributed by atoms with E-state index in [0.717, 1.165) is 28.2 Å². The van der Waals surface area contributed by atoms with E-state index in [-0.39, 0.29) is 11.5 Å². The Balaban J connectivity index is 1.75. The monoisotopic (exact) mass is 508 g/mol. The fourth-order valence-corrected chi connectivity index (χ4v) is 4.89. The summed E-state index contributed by atoms with van der Waals surface area (Å²) in [5.41, 5.74) is 5.67. The molecule has 1 aliphatic rings. The smallest absolute Gasteiger partial charge is 0.340 e. The summed E-state index contributed by atoms with van der Waals surface area (Å²) in [5, 5.41) is 0.910. The molecule has 2 aromatic carbocycles. The molecule has 4 rings (SSSR count). The first kappa shape index (κ1) is 24.8. The van der Waals surface area contributed by atoms with Gasteiger partial charge in [0, 0.05) is 23.6 Å². The number of hydrogen-bond acceptors (Lipinski definition) is 3. The number of benzene rings is 2. The van der Waals surface area contributed by atoms with E-state index in [1.54, 1.807) is 24.0 Å². The molecule has 0 atom stereocenters. The number of esters is 1. The molecule has 0 unspecified atom stereocenters. The Hall–Kier alpha value is -3.28. The highest BCUT2D eigenvalue weighted by atomic mass is 35.5. The van der Waals surface area contributed by atoms with Crippen molar-refractivity contribution in [3.8, 4) is 5.69 Å². The molecule has 180 valence electrons. The number of halogens is 2. The SMILES string of the molecule is COC(=O)C1=C(C)N(CCc2ccccc2)C(=O)/C1=C\c1cc(C)n(-c2cccc(Cl)c2Cl)c1C. The van der Waals surface area contributed by atoms with Gasteiger partial charge in [-0.2, -0.15) is 0 Å². The van der Waals surface area contributed by atoms with E-state index in [1.807, 2.05) is 66.9 Å². The molecule has 0 saturated carbocycles. The molecule has 1 aliphatic heterocycles. The minimum absolute atomic E-state index is 0.218. The van der Waals surface area contributed by atoms with E-state index >= 15 is 0 Å². The van der Waals surface area contributed by atoms with Crippen molar-refractivity contribution >= 4 is 41.2 Å². The van der Waals surface area contributed by atoms with Gasteiger partial charge in [-0.3, -0.25) is 4.79 Å². The third kappa shape index (κ3) is 4.66. The molecule has 0 spiro atoms. The molecule has 0 N–H and O–H groups in total. The Morgan fingerprint density at radius 3 is 2.43 bits per heavy atom. The molecule has 0 bridgehead atoms. The molecular weight excluding hydrogens is 483 g/mol. The lowest BCUT2D eigenvalue weighted by Gasteiger charge is -2.17. The molecule has 0 aliphatic carbocycles. The number of rotatable bonds is 6. The quantitative estimate of drug-likeness (QED) is 0.289. The van der Waals surface area contributed by atoms with Crippen molar-refractivity contribution in [2.75, 3.05) is 13.7 Å². The molecular formula is C28H26Cl2N2O3. The second kappa shape index (κ2) is 10.1. The average Bonchev–Trinajstić information content (AvgIpc) is 3.25. The van der Waals surface area contributed by atoms with Gasteiger partial charge in [0.15, 0.2) is 0 Å². The zero-order chi connectivity index (χ0) is 25.3. The minimum atomic E-state index is -0.531. The third-order valence-electron chi connectivity index (χ3n) is 6.31. The maximum atomic E-state index is 13.5. The van der Waals surface area contributed by atoms with Gasteiger partial charge in [-0.15, -0.1) is 0 Å². The molecule has 1 aromatic heterocycles. The molecule has 0 saturated heterocycles. The standard InChI is InChI=1S/C28H26Cl2N2O3/c1-17-15-21(18(2)32(17)24-12-8-11-23(29)26(24)30)16-22-25(28(34)35-4)19(3)31(27(22)33)14-13-20-9-6-5-7-10-20/h5-12,15-16H,13-14H2,1-4H3/b22-16-. The van der Waals surface area contributed by atoms with Crippen LogP contribution in [-0.2, 0) is 20.7 Å². The maximum absolute atomic E-state index is 13.5. The van der Waals surface area contributed by atoms with Crippen LogP contribution in [0.3, 0.4) is 0 Å². The summed E-state index contributed by atoms with van der Waals surface area (Å²) in [6, 6.07) is 17.4. The molecule has 5 nitrogen and oxygen atoms in total. The van der Waals surface area contributed by atoms with E-state index < -0.39 is 5.97 Å². The van der Waals surface area contributed by atoms with Crippen molar-refractivity contribution in [2.45, 2.75) is 27.2 Å². The molecule has 3 aromatic rings. The fraction of sp³-hybridized carbons (Fsp3) is 0.214. The summed E-state index contributed by atoms with van der Waals surface area (Å²) in [7, 11) is 1.32. The lowest BCUT2D eigenvalue weighted by atomic mass is 10.0. The zero-order valence-corrected chi connectivity index (χ0v) is 21.6. The van der Waals surface area contributed by atoms with Crippen molar-refractivity contribution in [1.29, 1.82) is 0 Å². The highest BCUT2D eigenvalue weighted by Crippen LogP contribution is 2.35. The van der Waals surface area contributed by atoms with Gasteiger partial charge in [-0.1, -0.05) is 59.6 Å². The summed E-state index contributed by atoms with van der Waals surface area (Å²) in [6.07, 6.45) is 2.44. The predicted octanol–water partition coefficient (Wildman–Crippen LogP) is 6.32. The van der Waals surface area contributed by atoms with Crippen LogP contribution in [0.1, 0.15) is 29.4 Å². The van der Waals surface area contributed by atoms with Gasteiger partial charge in [0.05, 0.1) is 34.0 Å². The number of methoxy groups -OCH3 is 1. The second-order valence-electron chi connectivity index (χ2n) is 8.44. The first-order chi connectivity index (χ1) is 16.7. The van der Waals surface area contributed by atoms with Crippen LogP contribution in [-0.4, -0.2) is 35.0 Å². The number of carbonyl (C=O) groups is 2. The van der Waals surface area contributed by atoms with E-state index in [0.29, 0.717) is 34.3 Å². The van der Waals surface area contributed by atoms with Crippen LogP contribution in [0.2, 0.25) is 10.0 Å². The largest absolute Gasteiger partial charge is 0.465 e. The molecule has 35 heavy (non-hydrogen) atoms. The molecule has 7 heteroatoms. The van der Waals surface area contributed by atoms with Crippen LogP contribution in [0, 0.1) is 13.8 Å². The van der Waals surface area contributed by atoms with E-state index in [1.165, 1.54) is 7.11 Å². The van der Waals surface area contributed by atoms with Crippen LogP contribution >= 0.6 is 23.2 Å². The first-order valence-corrected chi connectivity index (χ1v) is 12.0. The summed E-state index contributed by atoms with van der Waals surface area (Å²) in [5.74, 6) is -0.750.